The molecule has 0 N–H and O–H groups in total. The van der Waals surface area contributed by atoms with Crippen LogP contribution in [0.25, 0.3) is 99.8 Å². The molecule has 1 heterocycles. The molecule has 3 aliphatic rings. The summed E-state index contributed by atoms with van der Waals surface area (Å²) in [4.78, 5) is 4.77. The van der Waals surface area contributed by atoms with Gasteiger partial charge in [-0.1, -0.05) is 292 Å². The highest BCUT2D eigenvalue weighted by Gasteiger charge is 2.39. The predicted octanol–water partition coefficient (Wildman–Crippen LogP) is 26.4. The Labute approximate surface area is 570 Å². The first kappa shape index (κ1) is 60.4. The molecule has 14 aromatic carbocycles. The minimum Gasteiger partial charge on any atom is -0.456 e. The van der Waals surface area contributed by atoms with E-state index in [4.69, 9.17) is 4.42 Å². The lowest BCUT2D eigenvalue weighted by Crippen LogP contribution is -2.16. The molecule has 0 spiro atoms. The molecule has 0 saturated heterocycles. The second-order valence-electron chi connectivity index (χ2n) is 27.6. The summed E-state index contributed by atoms with van der Waals surface area (Å²) < 4.78 is 6.36. The average molecular weight is 1250 g/mol. The molecular weight excluding hydrogens is 1170 g/mol. The Hall–Kier alpha value is -11.5. The number of anilines is 6. The van der Waals surface area contributed by atoms with Gasteiger partial charge in [0.15, 0.2) is 0 Å². The number of rotatable bonds is 10. The lowest BCUT2D eigenvalue weighted by Gasteiger charge is -2.29. The lowest BCUT2D eigenvalue weighted by atomic mass is 9.82. The summed E-state index contributed by atoms with van der Waals surface area (Å²) in [6, 6.07) is 119. The van der Waals surface area contributed by atoms with Crippen molar-refractivity contribution >= 4 is 56.1 Å². The van der Waals surface area contributed by atoms with Crippen LogP contribution in [-0.4, -0.2) is 0 Å². The lowest BCUT2D eigenvalue weighted by molar-refractivity contribution is 0.660. The third-order valence-electron chi connectivity index (χ3n) is 21.0. The first-order chi connectivity index (χ1) is 46.9. The Balaban J connectivity index is 0.000000151. The second kappa shape index (κ2) is 23.7. The summed E-state index contributed by atoms with van der Waals surface area (Å²) in [6.45, 7) is 14.1. The zero-order valence-corrected chi connectivity index (χ0v) is 55.0. The van der Waals surface area contributed by atoms with E-state index in [9.17, 15) is 0 Å². The van der Waals surface area contributed by atoms with Gasteiger partial charge >= 0.3 is 0 Å². The second-order valence-corrected chi connectivity index (χ2v) is 27.6. The third-order valence-corrected chi connectivity index (χ3v) is 21.0. The van der Waals surface area contributed by atoms with Crippen LogP contribution >= 0.6 is 0 Å². The van der Waals surface area contributed by atoms with Crippen molar-refractivity contribution in [1.82, 2.24) is 0 Å². The van der Waals surface area contributed by atoms with E-state index in [1.165, 1.54) is 111 Å². The Kier molecular flexibility index (Phi) is 14.8. The van der Waals surface area contributed by atoms with E-state index in [1.54, 1.807) is 0 Å². The van der Waals surface area contributed by atoms with Crippen LogP contribution in [0.3, 0.4) is 0 Å². The van der Waals surface area contributed by atoms with Crippen LogP contribution in [0.5, 0.6) is 0 Å². The average Bonchev–Trinajstić information content (AvgIpc) is 1.60. The highest BCUT2D eigenvalue weighted by Crippen LogP contribution is 2.56. The van der Waals surface area contributed by atoms with Gasteiger partial charge in [0.2, 0.25) is 0 Å². The van der Waals surface area contributed by atoms with Gasteiger partial charge in [-0.3, -0.25) is 0 Å². The quantitative estimate of drug-likeness (QED) is 0.136. The highest BCUT2D eigenvalue weighted by molar-refractivity contribution is 6.06. The van der Waals surface area contributed by atoms with Crippen LogP contribution < -0.4 is 9.80 Å². The topological polar surface area (TPSA) is 19.6 Å². The summed E-state index contributed by atoms with van der Waals surface area (Å²) in [5.74, 6) is 0. The van der Waals surface area contributed by atoms with E-state index in [1.807, 2.05) is 12.1 Å². The molecule has 468 valence electrons. The molecule has 0 radical (unpaired) electrons. The van der Waals surface area contributed by atoms with Crippen molar-refractivity contribution in [2.45, 2.75) is 65.2 Å². The highest BCUT2D eigenvalue weighted by atomic mass is 16.3. The number of hydrogen-bond acceptors (Lipinski definition) is 3. The van der Waals surface area contributed by atoms with Crippen molar-refractivity contribution in [3.8, 4) is 77.9 Å². The largest absolute Gasteiger partial charge is 0.456 e. The van der Waals surface area contributed by atoms with Gasteiger partial charge in [-0.05, 0) is 190 Å². The summed E-state index contributed by atoms with van der Waals surface area (Å²) in [6.07, 6.45) is 0. The SMILES string of the molecule is C.CC1(C)c2ccccc2-c2c(-c3cccc(N(c4ccc(-c5ccccc5)cc4)c4ccc5c(c4)oc4ccccc45)c3)cccc21.CC1(C)c2ccccc2-c2ccc(N(c3ccc(-c4ccccc4)cc3)c3cccc(-c4cccc5c4-c4ccccc4C5(C)C)c3)cc21. The number of nitrogens with zero attached hydrogens (tertiary/aromatic N) is 2. The first-order valence-corrected chi connectivity index (χ1v) is 33.6. The van der Waals surface area contributed by atoms with Gasteiger partial charge in [0.1, 0.15) is 11.2 Å². The fraction of sp³-hybridized carbons (Fsp3) is 0.106. The van der Waals surface area contributed by atoms with E-state index in [0.29, 0.717) is 0 Å². The zero-order chi connectivity index (χ0) is 64.9. The first-order valence-electron chi connectivity index (χ1n) is 33.6. The Bertz CT molecular complexity index is 5500. The van der Waals surface area contributed by atoms with Crippen molar-refractivity contribution in [3.05, 3.63) is 361 Å². The molecule has 1 aromatic heterocycles. The van der Waals surface area contributed by atoms with Gasteiger partial charge in [-0.2, -0.15) is 0 Å². The minimum atomic E-state index is -0.0859. The van der Waals surface area contributed by atoms with Gasteiger partial charge < -0.3 is 14.2 Å². The van der Waals surface area contributed by atoms with E-state index >= 15 is 0 Å². The van der Waals surface area contributed by atoms with E-state index in [2.05, 4.69) is 367 Å². The fourth-order valence-corrected chi connectivity index (χ4v) is 16.1. The zero-order valence-electron chi connectivity index (χ0n) is 55.0. The molecule has 3 heteroatoms. The minimum absolute atomic E-state index is 0. The van der Waals surface area contributed by atoms with Gasteiger partial charge in [-0.15, -0.1) is 0 Å². The molecule has 18 rings (SSSR count). The number of furan rings is 1. The van der Waals surface area contributed by atoms with Crippen molar-refractivity contribution < 1.29 is 4.42 Å². The predicted molar refractivity (Wildman–Crippen MR) is 411 cm³/mol. The molecule has 3 nitrogen and oxygen atoms in total. The molecule has 0 fully saturated rings. The van der Waals surface area contributed by atoms with Crippen molar-refractivity contribution in [2.24, 2.45) is 0 Å². The number of hydrogen-bond donors (Lipinski definition) is 0. The molecule has 0 aliphatic heterocycles. The van der Waals surface area contributed by atoms with Crippen molar-refractivity contribution in [3.63, 3.8) is 0 Å². The maximum absolute atomic E-state index is 6.36. The van der Waals surface area contributed by atoms with Gasteiger partial charge in [-0.25, -0.2) is 0 Å². The number of benzene rings is 14. The molecule has 0 unspecified atom stereocenters. The van der Waals surface area contributed by atoms with Crippen LogP contribution in [0.15, 0.2) is 332 Å². The van der Waals surface area contributed by atoms with Crippen molar-refractivity contribution in [1.29, 1.82) is 0 Å². The molecule has 97 heavy (non-hydrogen) atoms. The van der Waals surface area contributed by atoms with Crippen LogP contribution in [0, 0.1) is 0 Å². The Morgan fingerprint density at radius 3 is 1.08 bits per heavy atom. The normalized spacial score (nSPS) is 13.6. The summed E-state index contributed by atoms with van der Waals surface area (Å²) in [5.41, 5.74) is 34.4. The molecule has 0 saturated carbocycles. The molecule has 0 atom stereocenters. The summed E-state index contributed by atoms with van der Waals surface area (Å²) in [7, 11) is 0. The maximum atomic E-state index is 6.36. The third kappa shape index (κ3) is 10.1. The molecular formula is C94H76N2O. The smallest absolute Gasteiger partial charge is 0.137 e. The van der Waals surface area contributed by atoms with E-state index in [-0.39, 0.29) is 23.7 Å². The van der Waals surface area contributed by atoms with Gasteiger partial charge in [0.25, 0.3) is 0 Å². The van der Waals surface area contributed by atoms with Crippen LogP contribution in [0.1, 0.15) is 82.3 Å². The monoisotopic (exact) mass is 1250 g/mol. The molecule has 3 aliphatic carbocycles. The Morgan fingerprint density at radius 2 is 0.557 bits per heavy atom. The van der Waals surface area contributed by atoms with Gasteiger partial charge in [0.05, 0.1) is 0 Å². The molecule has 15 aromatic rings. The van der Waals surface area contributed by atoms with Crippen LogP contribution in [-0.2, 0) is 16.2 Å². The molecule has 0 bridgehead atoms. The van der Waals surface area contributed by atoms with E-state index < -0.39 is 0 Å². The van der Waals surface area contributed by atoms with Crippen LogP contribution in [0.2, 0.25) is 0 Å². The Morgan fingerprint density at radius 1 is 0.216 bits per heavy atom. The van der Waals surface area contributed by atoms with Crippen LogP contribution in [0.4, 0.5) is 34.1 Å². The molecule has 0 amide bonds. The number of fused-ring (bicyclic) bond motifs is 12. The van der Waals surface area contributed by atoms with Crippen molar-refractivity contribution in [2.75, 3.05) is 9.80 Å². The number of para-hydroxylation sites is 1. The summed E-state index contributed by atoms with van der Waals surface area (Å²) in [5, 5.41) is 2.26. The maximum Gasteiger partial charge on any atom is 0.137 e. The van der Waals surface area contributed by atoms with E-state index in [0.717, 1.165) is 56.1 Å². The fourth-order valence-electron chi connectivity index (χ4n) is 16.1. The van der Waals surface area contributed by atoms with Gasteiger partial charge in [0, 0.05) is 67.2 Å². The standard InChI is InChI=1S/C48H39N.C45H33NO.CH4/c1-47(2)43-22-11-9-19-41(43)46-38(20-13-23-44(46)47)34-16-12-17-36(30-34)49(35-26-24-33(25-27-35)32-14-6-5-7-15-32)37-28-29-40-39-18-8-10-21-42(39)48(3,4)45(40)31-37;1-45(2)40-19-8-6-17-39(40)44-36(18-11-20-41(44)45)32-14-10-15-34(28-32)46(33-24-22-31(23-25-33)30-12-4-3-5-13-30)35-26-27-38-37-16-7-9-21-42(37)47-43(38)29-35;/h5-31H,1-4H3;3-29H,1-2H3;1H4. The summed E-state index contributed by atoms with van der Waals surface area (Å²) >= 11 is 0.